The van der Waals surface area contributed by atoms with Crippen LogP contribution in [-0.4, -0.2) is 42.6 Å². The van der Waals surface area contributed by atoms with Crippen LogP contribution in [0.4, 0.5) is 4.79 Å². The van der Waals surface area contributed by atoms with E-state index in [1.807, 2.05) is 0 Å². The summed E-state index contributed by atoms with van der Waals surface area (Å²) in [5.41, 5.74) is 4.26. The summed E-state index contributed by atoms with van der Waals surface area (Å²) in [6.45, 7) is 5.01. The van der Waals surface area contributed by atoms with Gasteiger partial charge >= 0.3 is 18.0 Å². The van der Waals surface area contributed by atoms with Gasteiger partial charge in [0.1, 0.15) is 11.6 Å². The first-order chi connectivity index (χ1) is 12.1. The van der Waals surface area contributed by atoms with E-state index in [1.165, 1.54) is 0 Å². The fourth-order valence-corrected chi connectivity index (χ4v) is 1.87. The number of benzene rings is 1. The van der Waals surface area contributed by atoms with Crippen molar-refractivity contribution in [1.29, 1.82) is 0 Å². The van der Waals surface area contributed by atoms with Crippen LogP contribution in [0.5, 0.6) is 0 Å². The monoisotopic (exact) mass is 365 g/mol. The molecular formula is C17H23N3O6. The molecule has 0 aliphatic carbocycles. The van der Waals surface area contributed by atoms with Crippen molar-refractivity contribution in [3.63, 3.8) is 0 Å². The van der Waals surface area contributed by atoms with Crippen LogP contribution in [0, 0.1) is 0 Å². The molecule has 0 aliphatic heterocycles. The predicted octanol–water partition coefficient (Wildman–Crippen LogP) is 0.443. The molecule has 1 aromatic carbocycles. The number of carbonyl (C=O) groups is 4. The summed E-state index contributed by atoms with van der Waals surface area (Å²) in [4.78, 5) is 46.9. The van der Waals surface area contributed by atoms with Gasteiger partial charge in [-0.2, -0.15) is 0 Å². The molecule has 3 N–H and O–H groups in total. The zero-order valence-corrected chi connectivity index (χ0v) is 15.1. The fourth-order valence-electron chi connectivity index (χ4n) is 1.87. The van der Waals surface area contributed by atoms with E-state index in [-0.39, 0.29) is 6.42 Å². The first-order valence-electron chi connectivity index (χ1n) is 7.84. The molecule has 0 saturated heterocycles. The van der Waals surface area contributed by atoms with Crippen molar-refractivity contribution in [3.05, 3.63) is 35.9 Å². The summed E-state index contributed by atoms with van der Waals surface area (Å²) >= 11 is 0. The number of ether oxygens (including phenoxy) is 2. The number of hydrogen-bond acceptors (Lipinski definition) is 6. The minimum Gasteiger partial charge on any atom is -0.462 e. The van der Waals surface area contributed by atoms with Gasteiger partial charge in [-0.05, 0) is 26.3 Å². The molecule has 0 bridgehead atoms. The third kappa shape index (κ3) is 7.65. The number of hydrogen-bond donors (Lipinski definition) is 3. The molecule has 26 heavy (non-hydrogen) atoms. The normalized spacial score (nSPS) is 11.7. The van der Waals surface area contributed by atoms with Gasteiger partial charge in [-0.15, -0.1) is 0 Å². The molecule has 1 aromatic rings. The number of nitrogens with one attached hydrogen (secondary N) is 3. The highest BCUT2D eigenvalue weighted by molar-refractivity contribution is 6.32. The molecule has 0 heterocycles. The molecule has 9 nitrogen and oxygen atoms in total. The first-order valence-corrected chi connectivity index (χ1v) is 7.84. The minimum atomic E-state index is -1.13. The standard InChI is InChI=1S/C17H23N3O6/c1-17(2,3)26-16(24)20-19-13(21)12(18-14(22)15(23)25-4)10-11-8-6-5-7-9-11/h5-9,12H,10H2,1-4H3,(H,18,22)(H,19,21)(H,20,24)/t12-/m1/s1. The Kier molecular flexibility index (Phi) is 7.57. The quantitative estimate of drug-likeness (QED) is 0.404. The van der Waals surface area contributed by atoms with Gasteiger partial charge < -0.3 is 14.8 Å². The third-order valence-corrected chi connectivity index (χ3v) is 2.96. The van der Waals surface area contributed by atoms with Crippen LogP contribution >= 0.6 is 0 Å². The molecule has 0 spiro atoms. The van der Waals surface area contributed by atoms with Gasteiger partial charge in [-0.1, -0.05) is 30.3 Å². The Morgan fingerprint density at radius 1 is 1.04 bits per heavy atom. The second-order valence-corrected chi connectivity index (χ2v) is 6.32. The van der Waals surface area contributed by atoms with E-state index in [1.54, 1.807) is 51.1 Å². The summed E-state index contributed by atoms with van der Waals surface area (Å²) < 4.78 is 9.32. The molecule has 0 saturated carbocycles. The van der Waals surface area contributed by atoms with Gasteiger partial charge in [0.25, 0.3) is 5.91 Å². The van der Waals surface area contributed by atoms with Crippen LogP contribution in [0.1, 0.15) is 26.3 Å². The molecule has 1 rings (SSSR count). The molecule has 0 radical (unpaired) electrons. The third-order valence-electron chi connectivity index (χ3n) is 2.96. The lowest BCUT2D eigenvalue weighted by Crippen LogP contribution is -2.54. The van der Waals surface area contributed by atoms with E-state index >= 15 is 0 Å². The number of carbonyl (C=O) groups excluding carboxylic acids is 4. The Labute approximate surface area is 151 Å². The van der Waals surface area contributed by atoms with Gasteiger partial charge in [0.15, 0.2) is 0 Å². The summed E-state index contributed by atoms with van der Waals surface area (Å²) in [7, 11) is 1.05. The average molecular weight is 365 g/mol. The molecule has 0 aromatic heterocycles. The van der Waals surface area contributed by atoms with Crippen molar-refractivity contribution in [2.45, 2.75) is 38.8 Å². The number of hydrazine groups is 1. The van der Waals surface area contributed by atoms with E-state index < -0.39 is 35.5 Å². The largest absolute Gasteiger partial charge is 0.462 e. The number of esters is 1. The minimum absolute atomic E-state index is 0.103. The highest BCUT2D eigenvalue weighted by Gasteiger charge is 2.26. The van der Waals surface area contributed by atoms with E-state index in [4.69, 9.17) is 4.74 Å². The molecular weight excluding hydrogens is 342 g/mol. The second-order valence-electron chi connectivity index (χ2n) is 6.32. The lowest BCUT2D eigenvalue weighted by molar-refractivity contribution is -0.153. The topological polar surface area (TPSA) is 123 Å². The Hall–Kier alpha value is -3.10. The zero-order chi connectivity index (χ0) is 19.7. The number of amides is 3. The van der Waals surface area contributed by atoms with Crippen molar-refractivity contribution in [3.8, 4) is 0 Å². The summed E-state index contributed by atoms with van der Waals surface area (Å²) in [6.07, 6.45) is -0.755. The Morgan fingerprint density at radius 3 is 2.19 bits per heavy atom. The Balaban J connectivity index is 2.76. The van der Waals surface area contributed by atoms with Gasteiger partial charge in [0, 0.05) is 6.42 Å². The average Bonchev–Trinajstić information content (AvgIpc) is 2.57. The van der Waals surface area contributed by atoms with E-state index in [9.17, 15) is 19.2 Å². The van der Waals surface area contributed by atoms with E-state index in [0.29, 0.717) is 0 Å². The van der Waals surface area contributed by atoms with Crippen molar-refractivity contribution in [1.82, 2.24) is 16.2 Å². The van der Waals surface area contributed by atoms with Gasteiger partial charge in [-0.3, -0.25) is 15.0 Å². The van der Waals surface area contributed by atoms with Crippen molar-refractivity contribution < 1.29 is 28.7 Å². The van der Waals surface area contributed by atoms with E-state index in [2.05, 4.69) is 20.9 Å². The Morgan fingerprint density at radius 2 is 1.65 bits per heavy atom. The fraction of sp³-hybridized carbons (Fsp3) is 0.412. The van der Waals surface area contributed by atoms with Crippen LogP contribution in [0.15, 0.2) is 30.3 Å². The summed E-state index contributed by atoms with van der Waals surface area (Å²) in [5.74, 6) is -2.92. The van der Waals surface area contributed by atoms with Crippen molar-refractivity contribution in [2.75, 3.05) is 7.11 Å². The molecule has 0 unspecified atom stereocenters. The van der Waals surface area contributed by atoms with Crippen LogP contribution in [0.2, 0.25) is 0 Å². The second kappa shape index (κ2) is 9.40. The number of rotatable bonds is 4. The molecule has 0 fully saturated rings. The van der Waals surface area contributed by atoms with Crippen LogP contribution in [0.3, 0.4) is 0 Å². The number of methoxy groups -OCH3 is 1. The highest BCUT2D eigenvalue weighted by Crippen LogP contribution is 2.06. The molecule has 3 amide bonds. The van der Waals surface area contributed by atoms with Crippen LogP contribution in [0.25, 0.3) is 0 Å². The summed E-state index contributed by atoms with van der Waals surface area (Å²) in [6, 6.07) is 7.74. The smallest absolute Gasteiger partial charge is 0.426 e. The van der Waals surface area contributed by atoms with Crippen LogP contribution in [-0.2, 0) is 30.3 Å². The first kappa shape index (κ1) is 20.9. The van der Waals surface area contributed by atoms with E-state index in [0.717, 1.165) is 12.7 Å². The predicted molar refractivity (Wildman–Crippen MR) is 91.6 cm³/mol. The zero-order valence-electron chi connectivity index (χ0n) is 15.1. The van der Waals surface area contributed by atoms with Crippen molar-refractivity contribution in [2.24, 2.45) is 0 Å². The Bertz CT molecular complexity index is 654. The molecule has 0 aliphatic rings. The maximum atomic E-state index is 12.3. The molecule has 142 valence electrons. The maximum Gasteiger partial charge on any atom is 0.426 e. The molecule has 9 heteroatoms. The highest BCUT2D eigenvalue weighted by atomic mass is 16.6. The van der Waals surface area contributed by atoms with Gasteiger partial charge in [0.05, 0.1) is 7.11 Å². The lowest BCUT2D eigenvalue weighted by atomic mass is 10.1. The maximum absolute atomic E-state index is 12.3. The van der Waals surface area contributed by atoms with Crippen LogP contribution < -0.4 is 16.2 Å². The lowest BCUT2D eigenvalue weighted by Gasteiger charge is -2.21. The van der Waals surface area contributed by atoms with Gasteiger partial charge in [-0.25, -0.2) is 15.0 Å². The van der Waals surface area contributed by atoms with Gasteiger partial charge in [0.2, 0.25) is 0 Å². The molecule has 1 atom stereocenters. The summed E-state index contributed by atoms with van der Waals surface area (Å²) in [5, 5.41) is 2.27. The van der Waals surface area contributed by atoms with Crippen molar-refractivity contribution >= 4 is 23.9 Å². The SMILES string of the molecule is COC(=O)C(=O)N[C@H](Cc1ccccc1)C(=O)NNC(=O)OC(C)(C)C.